The van der Waals surface area contributed by atoms with E-state index in [0.29, 0.717) is 12.1 Å². The molecule has 0 aliphatic heterocycles. The number of amides is 1. The van der Waals surface area contributed by atoms with Crippen LogP contribution in [0.3, 0.4) is 0 Å². The van der Waals surface area contributed by atoms with E-state index in [9.17, 15) is 31.2 Å². The molecule has 24 heavy (non-hydrogen) atoms. The number of benzene rings is 1. The molecule has 10 heteroatoms. The van der Waals surface area contributed by atoms with Gasteiger partial charge in [0.25, 0.3) is 0 Å². The van der Waals surface area contributed by atoms with Crippen LogP contribution in [0.2, 0.25) is 0 Å². The van der Waals surface area contributed by atoms with Crippen molar-refractivity contribution < 1.29 is 36.3 Å². The Balaban J connectivity index is 3.17. The average Bonchev–Trinajstić information content (AvgIpc) is 2.42. The smallest absolute Gasteiger partial charge is 0.416 e. The summed E-state index contributed by atoms with van der Waals surface area (Å²) in [5.41, 5.74) is -3.06. The van der Waals surface area contributed by atoms with Crippen LogP contribution in [0.5, 0.6) is 0 Å². The van der Waals surface area contributed by atoms with E-state index in [4.69, 9.17) is 5.11 Å². The highest BCUT2D eigenvalue weighted by Gasteiger charge is 2.36. The standard InChI is InChI=1S/C14H16F3NO5S/c1-13(2,12(20)21)11(19)18-7-8-4-9(14(15,16)17)6-10(5-8)24(3,22)23/h4-6H,7H2,1-3H3,(H,18,19)(H,20,21). The van der Waals surface area contributed by atoms with Crippen LogP contribution in [-0.4, -0.2) is 31.7 Å². The first-order chi connectivity index (χ1) is 10.7. The molecule has 0 spiro atoms. The number of hydrogen-bond donors (Lipinski definition) is 2. The van der Waals surface area contributed by atoms with E-state index in [-0.39, 0.29) is 5.56 Å². The van der Waals surface area contributed by atoms with E-state index >= 15 is 0 Å². The molecule has 0 heterocycles. The topological polar surface area (TPSA) is 101 Å². The molecule has 0 radical (unpaired) electrons. The number of rotatable bonds is 5. The maximum atomic E-state index is 12.9. The minimum absolute atomic E-state index is 0.111. The number of carboxylic acids is 1. The minimum Gasteiger partial charge on any atom is -0.480 e. The van der Waals surface area contributed by atoms with Gasteiger partial charge in [-0.2, -0.15) is 13.2 Å². The lowest BCUT2D eigenvalue weighted by Crippen LogP contribution is -2.42. The molecule has 1 aromatic rings. The normalized spacial score (nSPS) is 12.8. The van der Waals surface area contributed by atoms with E-state index in [1.807, 2.05) is 0 Å². The monoisotopic (exact) mass is 367 g/mol. The Morgan fingerprint density at radius 1 is 1.17 bits per heavy atom. The number of nitrogens with one attached hydrogen (secondary N) is 1. The Morgan fingerprint density at radius 3 is 2.12 bits per heavy atom. The highest BCUT2D eigenvalue weighted by atomic mass is 32.2. The maximum Gasteiger partial charge on any atom is 0.416 e. The van der Waals surface area contributed by atoms with Crippen molar-refractivity contribution in [3.63, 3.8) is 0 Å². The van der Waals surface area contributed by atoms with Gasteiger partial charge in [-0.1, -0.05) is 0 Å². The van der Waals surface area contributed by atoms with Crippen molar-refractivity contribution in [3.05, 3.63) is 29.3 Å². The van der Waals surface area contributed by atoms with Gasteiger partial charge in [0.2, 0.25) is 5.91 Å². The molecule has 0 aliphatic rings. The van der Waals surface area contributed by atoms with Crippen LogP contribution in [0.15, 0.2) is 23.1 Å². The van der Waals surface area contributed by atoms with Crippen LogP contribution in [0.25, 0.3) is 0 Å². The predicted octanol–water partition coefficient (Wildman–Crippen LogP) is 1.84. The van der Waals surface area contributed by atoms with Crippen molar-refractivity contribution in [3.8, 4) is 0 Å². The van der Waals surface area contributed by atoms with Crippen molar-refractivity contribution in [1.82, 2.24) is 5.32 Å². The predicted molar refractivity (Wildman–Crippen MR) is 77.8 cm³/mol. The van der Waals surface area contributed by atoms with Gasteiger partial charge in [0.1, 0.15) is 5.41 Å². The van der Waals surface area contributed by atoms with E-state index in [1.54, 1.807) is 0 Å². The summed E-state index contributed by atoms with van der Waals surface area (Å²) in [5.74, 6) is -2.31. The molecular weight excluding hydrogens is 351 g/mol. The molecule has 0 fully saturated rings. The molecular formula is C14H16F3NO5S. The lowest BCUT2D eigenvalue weighted by Gasteiger charge is -2.19. The fraction of sp³-hybridized carbons (Fsp3) is 0.429. The third-order valence-electron chi connectivity index (χ3n) is 3.28. The number of halogens is 3. The molecule has 0 aliphatic carbocycles. The third-order valence-corrected chi connectivity index (χ3v) is 4.37. The summed E-state index contributed by atoms with van der Waals surface area (Å²) in [6, 6.07) is 2.20. The van der Waals surface area contributed by atoms with Crippen molar-refractivity contribution in [2.45, 2.75) is 31.5 Å². The molecule has 2 N–H and O–H groups in total. The van der Waals surface area contributed by atoms with Gasteiger partial charge < -0.3 is 10.4 Å². The van der Waals surface area contributed by atoms with Crippen LogP contribution < -0.4 is 5.32 Å². The molecule has 0 saturated heterocycles. The number of sulfone groups is 1. The lowest BCUT2D eigenvalue weighted by molar-refractivity contribution is -0.153. The maximum absolute atomic E-state index is 12.9. The summed E-state index contributed by atoms with van der Waals surface area (Å²) in [6.07, 6.45) is -4.00. The second-order valence-corrected chi connectivity index (χ2v) is 7.76. The number of carboxylic acid groups (broad SMARTS) is 1. The second-order valence-electron chi connectivity index (χ2n) is 5.75. The molecule has 0 unspecified atom stereocenters. The van der Waals surface area contributed by atoms with Crippen LogP contribution in [-0.2, 0) is 32.1 Å². The molecule has 134 valence electrons. The average molecular weight is 367 g/mol. The van der Waals surface area contributed by atoms with Gasteiger partial charge >= 0.3 is 12.1 Å². The van der Waals surface area contributed by atoms with Crippen molar-refractivity contribution >= 4 is 21.7 Å². The van der Waals surface area contributed by atoms with Gasteiger partial charge in [0.05, 0.1) is 10.5 Å². The fourth-order valence-corrected chi connectivity index (χ4v) is 2.35. The molecule has 0 saturated carbocycles. The summed E-state index contributed by atoms with van der Waals surface area (Å²) < 4.78 is 61.6. The first-order valence-electron chi connectivity index (χ1n) is 6.58. The zero-order valence-corrected chi connectivity index (χ0v) is 13.9. The Bertz CT molecular complexity index is 769. The molecule has 0 aromatic heterocycles. The van der Waals surface area contributed by atoms with E-state index in [0.717, 1.165) is 26.2 Å². The highest BCUT2D eigenvalue weighted by Crippen LogP contribution is 2.31. The van der Waals surface area contributed by atoms with Gasteiger partial charge in [-0.15, -0.1) is 0 Å². The summed E-state index contributed by atoms with van der Waals surface area (Å²) >= 11 is 0. The largest absolute Gasteiger partial charge is 0.480 e. The second kappa shape index (κ2) is 6.42. The van der Waals surface area contributed by atoms with Gasteiger partial charge in [-0.25, -0.2) is 8.42 Å². The van der Waals surface area contributed by atoms with Gasteiger partial charge in [0, 0.05) is 12.8 Å². The molecule has 0 bridgehead atoms. The molecule has 0 atom stereocenters. The third kappa shape index (κ3) is 4.70. The number of aliphatic carboxylic acids is 1. The molecule has 1 amide bonds. The summed E-state index contributed by atoms with van der Waals surface area (Å²) in [4.78, 5) is 22.2. The van der Waals surface area contributed by atoms with Crippen LogP contribution >= 0.6 is 0 Å². The first-order valence-corrected chi connectivity index (χ1v) is 8.48. The van der Waals surface area contributed by atoms with Crippen LogP contribution in [0, 0.1) is 5.41 Å². The number of alkyl halides is 3. The Hall–Kier alpha value is -2.10. The Morgan fingerprint density at radius 2 is 1.71 bits per heavy atom. The molecule has 1 aromatic carbocycles. The van der Waals surface area contributed by atoms with Gasteiger partial charge in [-0.05, 0) is 37.6 Å². The molecule has 1 rings (SSSR count). The summed E-state index contributed by atoms with van der Waals surface area (Å²) in [6.45, 7) is 1.83. The van der Waals surface area contributed by atoms with Crippen LogP contribution in [0.1, 0.15) is 25.0 Å². The lowest BCUT2D eigenvalue weighted by atomic mass is 9.92. The highest BCUT2D eigenvalue weighted by molar-refractivity contribution is 7.90. The Kier molecular flexibility index (Phi) is 5.34. The van der Waals surface area contributed by atoms with E-state index < -0.39 is 50.3 Å². The summed E-state index contributed by atoms with van der Waals surface area (Å²) in [7, 11) is -3.90. The molecule has 6 nitrogen and oxygen atoms in total. The van der Waals surface area contributed by atoms with Crippen molar-refractivity contribution in [1.29, 1.82) is 0 Å². The first kappa shape index (κ1) is 19.9. The van der Waals surface area contributed by atoms with Crippen LogP contribution in [0.4, 0.5) is 13.2 Å². The minimum atomic E-state index is -4.76. The number of carbonyl (C=O) groups is 2. The SMILES string of the molecule is CC(C)(C(=O)O)C(=O)NCc1cc(C(F)(F)F)cc(S(C)(=O)=O)c1. The quantitative estimate of drug-likeness (QED) is 0.774. The van der Waals surface area contributed by atoms with Gasteiger partial charge in [-0.3, -0.25) is 9.59 Å². The van der Waals surface area contributed by atoms with E-state index in [1.165, 1.54) is 0 Å². The zero-order valence-electron chi connectivity index (χ0n) is 13.1. The van der Waals surface area contributed by atoms with E-state index in [2.05, 4.69) is 5.32 Å². The zero-order chi connectivity index (χ0) is 18.9. The number of hydrogen-bond acceptors (Lipinski definition) is 4. The van der Waals surface area contributed by atoms with Crippen molar-refractivity contribution in [2.75, 3.05) is 6.26 Å². The van der Waals surface area contributed by atoms with Gasteiger partial charge in [0.15, 0.2) is 9.84 Å². The van der Waals surface area contributed by atoms with Crippen molar-refractivity contribution in [2.24, 2.45) is 5.41 Å². The fourth-order valence-electron chi connectivity index (χ4n) is 1.64. The summed E-state index contributed by atoms with van der Waals surface area (Å²) in [5, 5.41) is 11.1. The Labute approximate surface area is 136 Å². The number of carbonyl (C=O) groups excluding carboxylic acids is 1.